The van der Waals surface area contributed by atoms with Crippen LogP contribution in [-0.4, -0.2) is 34.6 Å². The summed E-state index contributed by atoms with van der Waals surface area (Å²) in [5.74, 6) is 2.47. The number of rotatable bonds is 5. The molecule has 0 bridgehead atoms. The van der Waals surface area contributed by atoms with Gasteiger partial charge in [-0.15, -0.1) is 10.2 Å². The Labute approximate surface area is 154 Å². The molecule has 0 radical (unpaired) electrons. The molecule has 1 aromatic carbocycles. The van der Waals surface area contributed by atoms with E-state index in [1.807, 2.05) is 18.2 Å². The third-order valence-corrected chi connectivity index (χ3v) is 4.63. The van der Waals surface area contributed by atoms with Crippen LogP contribution in [0, 0.1) is 0 Å². The fourth-order valence-corrected chi connectivity index (χ4v) is 3.04. The number of pyridine rings is 1. The second-order valence-electron chi connectivity index (χ2n) is 6.40. The molecule has 3 heterocycles. The van der Waals surface area contributed by atoms with Crippen molar-refractivity contribution in [1.82, 2.24) is 20.3 Å². The van der Waals surface area contributed by atoms with E-state index in [2.05, 4.69) is 20.3 Å². The first-order chi connectivity index (χ1) is 13.3. The van der Waals surface area contributed by atoms with E-state index in [1.165, 1.54) is 0 Å². The molecule has 27 heavy (non-hydrogen) atoms. The van der Waals surface area contributed by atoms with Gasteiger partial charge in [0.15, 0.2) is 0 Å². The molecule has 0 N–H and O–H groups in total. The second kappa shape index (κ2) is 6.08. The van der Waals surface area contributed by atoms with Gasteiger partial charge < -0.3 is 18.4 Å². The van der Waals surface area contributed by atoms with Crippen LogP contribution in [0.3, 0.4) is 0 Å². The number of benzene rings is 1. The maximum atomic E-state index is 5.88. The van der Waals surface area contributed by atoms with Crippen molar-refractivity contribution in [3.8, 4) is 34.4 Å². The Morgan fingerprint density at radius 2 is 1.89 bits per heavy atom. The third-order valence-electron chi connectivity index (χ3n) is 4.63. The van der Waals surface area contributed by atoms with Crippen LogP contribution in [0.1, 0.15) is 24.5 Å². The van der Waals surface area contributed by atoms with E-state index in [1.54, 1.807) is 26.5 Å². The summed E-state index contributed by atoms with van der Waals surface area (Å²) in [4.78, 5) is 4.33. The Morgan fingerprint density at radius 3 is 2.67 bits per heavy atom. The van der Waals surface area contributed by atoms with Gasteiger partial charge in [-0.2, -0.15) is 0 Å². The Morgan fingerprint density at radius 1 is 1.04 bits per heavy atom. The molecule has 4 aromatic rings. The smallest absolute Gasteiger partial charge is 0.257 e. The van der Waals surface area contributed by atoms with Gasteiger partial charge in [-0.05, 0) is 31.0 Å². The lowest BCUT2D eigenvalue weighted by atomic mass is 10.1. The largest absolute Gasteiger partial charge is 0.497 e. The molecule has 5 rings (SSSR count). The quantitative estimate of drug-likeness (QED) is 0.527. The maximum absolute atomic E-state index is 5.88. The third kappa shape index (κ3) is 2.69. The van der Waals surface area contributed by atoms with E-state index in [0.717, 1.165) is 29.5 Å². The molecule has 8 heteroatoms. The SMILES string of the molecule is COc1ccc(-c2nnc(-c3cnc4onc(C5CC5)c4c3)o2)c(OC)c1. The summed E-state index contributed by atoms with van der Waals surface area (Å²) in [6.45, 7) is 0. The van der Waals surface area contributed by atoms with Crippen molar-refractivity contribution in [3.63, 3.8) is 0 Å². The molecule has 0 saturated heterocycles. The van der Waals surface area contributed by atoms with E-state index in [4.69, 9.17) is 18.4 Å². The summed E-state index contributed by atoms with van der Waals surface area (Å²) in [6.07, 6.45) is 3.91. The van der Waals surface area contributed by atoms with E-state index >= 15 is 0 Å². The lowest BCUT2D eigenvalue weighted by Gasteiger charge is -2.07. The molecule has 8 nitrogen and oxygen atoms in total. The summed E-state index contributed by atoms with van der Waals surface area (Å²) < 4.78 is 21.8. The van der Waals surface area contributed by atoms with Gasteiger partial charge in [0, 0.05) is 18.2 Å². The van der Waals surface area contributed by atoms with Gasteiger partial charge in [0.05, 0.1) is 36.4 Å². The molecule has 0 atom stereocenters. The molecule has 0 aliphatic heterocycles. The van der Waals surface area contributed by atoms with Crippen LogP contribution >= 0.6 is 0 Å². The van der Waals surface area contributed by atoms with Gasteiger partial charge in [0.1, 0.15) is 11.5 Å². The minimum Gasteiger partial charge on any atom is -0.497 e. The minimum absolute atomic E-state index is 0.359. The number of ether oxygens (including phenoxy) is 2. The summed E-state index contributed by atoms with van der Waals surface area (Å²) in [5, 5.41) is 13.4. The highest BCUT2D eigenvalue weighted by molar-refractivity contribution is 5.81. The highest BCUT2D eigenvalue weighted by atomic mass is 16.5. The number of methoxy groups -OCH3 is 2. The summed E-state index contributed by atoms with van der Waals surface area (Å²) in [5.41, 5.74) is 2.89. The first-order valence-corrected chi connectivity index (χ1v) is 8.58. The summed E-state index contributed by atoms with van der Waals surface area (Å²) in [6, 6.07) is 7.34. The number of hydrogen-bond acceptors (Lipinski definition) is 8. The van der Waals surface area contributed by atoms with Crippen LogP contribution in [0.4, 0.5) is 0 Å². The minimum atomic E-state index is 0.359. The topological polar surface area (TPSA) is 96.3 Å². The van der Waals surface area contributed by atoms with Gasteiger partial charge in [0.2, 0.25) is 5.89 Å². The predicted octanol–water partition coefficient (Wildman–Crippen LogP) is 3.83. The van der Waals surface area contributed by atoms with Crippen LogP contribution in [-0.2, 0) is 0 Å². The molecular weight excluding hydrogens is 348 g/mol. The van der Waals surface area contributed by atoms with Gasteiger partial charge in [-0.3, -0.25) is 0 Å². The Kier molecular flexibility index (Phi) is 3.56. The lowest BCUT2D eigenvalue weighted by molar-refractivity contribution is 0.394. The highest BCUT2D eigenvalue weighted by Crippen LogP contribution is 2.42. The van der Waals surface area contributed by atoms with E-state index in [0.29, 0.717) is 40.5 Å². The van der Waals surface area contributed by atoms with Gasteiger partial charge >= 0.3 is 0 Å². The molecule has 0 unspecified atom stereocenters. The maximum Gasteiger partial charge on any atom is 0.257 e. The number of nitrogens with zero attached hydrogens (tertiary/aromatic N) is 4. The molecule has 136 valence electrons. The average molecular weight is 364 g/mol. The van der Waals surface area contributed by atoms with Crippen molar-refractivity contribution in [2.45, 2.75) is 18.8 Å². The zero-order valence-electron chi connectivity index (χ0n) is 14.8. The second-order valence-corrected chi connectivity index (χ2v) is 6.40. The first kappa shape index (κ1) is 15.8. The van der Waals surface area contributed by atoms with E-state index in [-0.39, 0.29) is 0 Å². The Balaban J connectivity index is 1.54. The van der Waals surface area contributed by atoms with Crippen molar-refractivity contribution in [2.75, 3.05) is 14.2 Å². The Hall–Kier alpha value is -3.42. The van der Waals surface area contributed by atoms with Crippen LogP contribution in [0.25, 0.3) is 34.0 Å². The lowest BCUT2D eigenvalue weighted by Crippen LogP contribution is -1.90. The monoisotopic (exact) mass is 364 g/mol. The van der Waals surface area contributed by atoms with Gasteiger partial charge in [-0.1, -0.05) is 5.16 Å². The first-order valence-electron chi connectivity index (χ1n) is 8.58. The fourth-order valence-electron chi connectivity index (χ4n) is 3.04. The zero-order chi connectivity index (χ0) is 18.4. The van der Waals surface area contributed by atoms with Crippen molar-refractivity contribution in [3.05, 3.63) is 36.2 Å². The predicted molar refractivity (Wildman–Crippen MR) is 95.6 cm³/mol. The average Bonchev–Trinajstić information content (AvgIpc) is 3.28. The number of fused-ring (bicyclic) bond motifs is 1. The fraction of sp³-hybridized carbons (Fsp3) is 0.263. The summed E-state index contributed by atoms with van der Waals surface area (Å²) >= 11 is 0. The molecule has 1 saturated carbocycles. The molecule has 3 aromatic heterocycles. The van der Waals surface area contributed by atoms with Crippen LogP contribution in [0.15, 0.2) is 39.4 Å². The van der Waals surface area contributed by atoms with Crippen LogP contribution < -0.4 is 9.47 Å². The van der Waals surface area contributed by atoms with Crippen LogP contribution in [0.5, 0.6) is 11.5 Å². The molecule has 0 spiro atoms. The molecule has 1 aliphatic rings. The van der Waals surface area contributed by atoms with E-state index < -0.39 is 0 Å². The van der Waals surface area contributed by atoms with Crippen LogP contribution in [0.2, 0.25) is 0 Å². The molecule has 1 fully saturated rings. The van der Waals surface area contributed by atoms with Crippen molar-refractivity contribution >= 4 is 11.1 Å². The number of hydrogen-bond donors (Lipinski definition) is 0. The van der Waals surface area contributed by atoms with Gasteiger partial charge in [-0.25, -0.2) is 4.98 Å². The highest BCUT2D eigenvalue weighted by Gasteiger charge is 2.29. The standard InChI is InChI=1S/C19H16N4O4/c1-24-12-5-6-13(15(8-12)25-2)19-22-21-17(26-19)11-7-14-16(10-3-4-10)23-27-18(14)20-9-11/h5-10H,3-4H2,1-2H3. The normalized spacial score (nSPS) is 13.9. The zero-order valence-corrected chi connectivity index (χ0v) is 14.8. The Bertz CT molecular complexity index is 1130. The molecular formula is C19H16N4O4. The van der Waals surface area contributed by atoms with Crippen molar-refractivity contribution in [1.29, 1.82) is 0 Å². The molecule has 1 aliphatic carbocycles. The van der Waals surface area contributed by atoms with Crippen molar-refractivity contribution in [2.24, 2.45) is 0 Å². The van der Waals surface area contributed by atoms with E-state index in [9.17, 15) is 0 Å². The van der Waals surface area contributed by atoms with Gasteiger partial charge in [0.25, 0.3) is 11.6 Å². The molecule has 0 amide bonds. The van der Waals surface area contributed by atoms with Crippen molar-refractivity contribution < 1.29 is 18.4 Å². The summed E-state index contributed by atoms with van der Waals surface area (Å²) in [7, 11) is 3.18. The number of aromatic nitrogens is 4.